The SMILES string of the molecule is Cc1c(COc2ccc3c(c2)C[C@@H](O)[C@@H]3NCCN2CCN(C)CC2)cccc1-c1ccccc1. The maximum Gasteiger partial charge on any atom is 0.120 e. The molecule has 0 radical (unpaired) electrons. The lowest BCUT2D eigenvalue weighted by Gasteiger charge is -2.32. The predicted molar refractivity (Wildman–Crippen MR) is 142 cm³/mol. The molecule has 1 aliphatic heterocycles. The first-order valence-electron chi connectivity index (χ1n) is 12.8. The highest BCUT2D eigenvalue weighted by Gasteiger charge is 2.31. The van der Waals surface area contributed by atoms with Gasteiger partial charge in [0.05, 0.1) is 12.1 Å². The number of ether oxygens (including phenoxy) is 1. The van der Waals surface area contributed by atoms with E-state index in [0.717, 1.165) is 45.0 Å². The smallest absolute Gasteiger partial charge is 0.120 e. The molecule has 1 saturated heterocycles. The molecule has 35 heavy (non-hydrogen) atoms. The zero-order valence-electron chi connectivity index (χ0n) is 20.9. The Kier molecular flexibility index (Phi) is 7.49. The second-order valence-corrected chi connectivity index (χ2v) is 9.95. The summed E-state index contributed by atoms with van der Waals surface area (Å²) >= 11 is 0. The molecule has 2 N–H and O–H groups in total. The third-order valence-electron chi connectivity index (χ3n) is 7.58. The molecule has 1 aliphatic carbocycles. The van der Waals surface area contributed by atoms with Crippen LogP contribution in [0, 0.1) is 6.92 Å². The number of nitrogens with one attached hydrogen (secondary N) is 1. The fourth-order valence-electron chi connectivity index (χ4n) is 5.33. The largest absolute Gasteiger partial charge is 0.489 e. The van der Waals surface area contributed by atoms with E-state index >= 15 is 0 Å². The van der Waals surface area contributed by atoms with Crippen LogP contribution in [0.3, 0.4) is 0 Å². The Hall–Kier alpha value is -2.70. The van der Waals surface area contributed by atoms with Crippen molar-refractivity contribution in [2.24, 2.45) is 0 Å². The van der Waals surface area contributed by atoms with Crippen LogP contribution in [-0.4, -0.2) is 67.3 Å². The van der Waals surface area contributed by atoms with Crippen molar-refractivity contribution >= 4 is 0 Å². The average Bonchev–Trinajstić information content (AvgIpc) is 3.19. The molecule has 2 aliphatic rings. The van der Waals surface area contributed by atoms with Gasteiger partial charge in [-0.15, -0.1) is 0 Å². The van der Waals surface area contributed by atoms with Gasteiger partial charge >= 0.3 is 0 Å². The number of hydrogen-bond acceptors (Lipinski definition) is 5. The molecule has 5 heteroatoms. The molecule has 0 unspecified atom stereocenters. The number of aliphatic hydroxyl groups excluding tert-OH is 1. The minimum absolute atomic E-state index is 0.00341. The molecule has 3 aromatic carbocycles. The van der Waals surface area contributed by atoms with Gasteiger partial charge in [0.2, 0.25) is 0 Å². The van der Waals surface area contributed by atoms with Crippen molar-refractivity contribution in [1.29, 1.82) is 0 Å². The maximum absolute atomic E-state index is 10.7. The van der Waals surface area contributed by atoms with E-state index in [-0.39, 0.29) is 6.04 Å². The van der Waals surface area contributed by atoms with Gasteiger partial charge in [-0.1, -0.05) is 54.6 Å². The summed E-state index contributed by atoms with van der Waals surface area (Å²) in [7, 11) is 2.18. The molecule has 0 spiro atoms. The lowest BCUT2D eigenvalue weighted by atomic mass is 9.97. The number of piperazine rings is 1. The molecule has 1 fully saturated rings. The summed E-state index contributed by atoms with van der Waals surface area (Å²) in [6.07, 6.45) is 0.277. The normalized spacial score (nSPS) is 20.7. The van der Waals surface area contributed by atoms with Gasteiger partial charge in [-0.05, 0) is 59.5 Å². The monoisotopic (exact) mass is 471 g/mol. The average molecular weight is 472 g/mol. The third-order valence-corrected chi connectivity index (χ3v) is 7.58. The van der Waals surface area contributed by atoms with Crippen molar-refractivity contribution in [3.63, 3.8) is 0 Å². The molecule has 0 saturated carbocycles. The van der Waals surface area contributed by atoms with Crippen molar-refractivity contribution in [1.82, 2.24) is 15.1 Å². The number of nitrogens with zero attached hydrogens (tertiary/aromatic N) is 2. The quantitative estimate of drug-likeness (QED) is 0.519. The standard InChI is InChI=1S/C30H37N3O2/c1-22-24(9-6-10-27(22)23-7-4-3-5-8-23)21-35-26-11-12-28-25(19-26)20-29(34)30(28)31-13-14-33-17-15-32(2)16-18-33/h3-12,19,29-31,34H,13-18,20-21H2,1-2H3/t29-,30-/m1/s1. The van der Waals surface area contributed by atoms with Crippen LogP contribution in [0.2, 0.25) is 0 Å². The minimum atomic E-state index is -0.391. The number of likely N-dealkylation sites (N-methyl/N-ethyl adjacent to an activating group) is 1. The predicted octanol–water partition coefficient (Wildman–Crippen LogP) is 4.04. The summed E-state index contributed by atoms with van der Waals surface area (Å²) in [5.41, 5.74) is 7.29. The highest BCUT2D eigenvalue weighted by atomic mass is 16.5. The van der Waals surface area contributed by atoms with E-state index < -0.39 is 6.10 Å². The fraction of sp³-hybridized carbons (Fsp3) is 0.400. The summed E-state index contributed by atoms with van der Waals surface area (Å²) in [4.78, 5) is 4.88. The van der Waals surface area contributed by atoms with E-state index in [9.17, 15) is 5.11 Å². The summed E-state index contributed by atoms with van der Waals surface area (Å²) in [5, 5.41) is 14.3. The van der Waals surface area contributed by atoms with Crippen LogP contribution < -0.4 is 10.1 Å². The van der Waals surface area contributed by atoms with E-state index in [0.29, 0.717) is 13.0 Å². The maximum atomic E-state index is 10.7. The van der Waals surface area contributed by atoms with E-state index in [4.69, 9.17) is 4.74 Å². The Bertz CT molecular complexity index is 1130. The molecule has 1 heterocycles. The molecule has 5 nitrogen and oxygen atoms in total. The molecule has 2 atom stereocenters. The second kappa shape index (κ2) is 10.9. The van der Waals surface area contributed by atoms with Crippen LogP contribution in [0.4, 0.5) is 0 Å². The van der Waals surface area contributed by atoms with Crippen LogP contribution in [-0.2, 0) is 13.0 Å². The van der Waals surface area contributed by atoms with Crippen molar-refractivity contribution in [2.75, 3.05) is 46.3 Å². The molecule has 0 amide bonds. The fourth-order valence-corrected chi connectivity index (χ4v) is 5.33. The third kappa shape index (κ3) is 5.60. The first kappa shape index (κ1) is 24.0. The molecule has 0 aromatic heterocycles. The summed E-state index contributed by atoms with van der Waals surface area (Å²) in [6.45, 7) is 9.11. The van der Waals surface area contributed by atoms with Gasteiger partial charge in [0.15, 0.2) is 0 Å². The van der Waals surface area contributed by atoms with Gasteiger partial charge in [-0.25, -0.2) is 0 Å². The number of aliphatic hydroxyl groups is 1. The van der Waals surface area contributed by atoms with Crippen LogP contribution in [0.5, 0.6) is 5.75 Å². The van der Waals surface area contributed by atoms with Gasteiger partial charge in [0, 0.05) is 45.7 Å². The zero-order valence-corrected chi connectivity index (χ0v) is 20.9. The molecular weight excluding hydrogens is 434 g/mol. The number of benzene rings is 3. The van der Waals surface area contributed by atoms with Gasteiger partial charge in [-0.2, -0.15) is 0 Å². The van der Waals surface area contributed by atoms with Crippen molar-refractivity contribution in [2.45, 2.75) is 32.1 Å². The molecule has 0 bridgehead atoms. The Morgan fingerprint density at radius 3 is 2.57 bits per heavy atom. The molecular formula is C30H37N3O2. The van der Waals surface area contributed by atoms with E-state index in [1.54, 1.807) is 0 Å². The number of fused-ring (bicyclic) bond motifs is 1. The zero-order chi connectivity index (χ0) is 24.2. The van der Waals surface area contributed by atoms with Gasteiger partial charge in [0.1, 0.15) is 12.4 Å². The Labute approximate surface area is 209 Å². The second-order valence-electron chi connectivity index (χ2n) is 9.95. The van der Waals surface area contributed by atoms with E-state index in [2.05, 4.69) is 83.7 Å². The van der Waals surface area contributed by atoms with Crippen LogP contribution in [0.1, 0.15) is 28.3 Å². The van der Waals surface area contributed by atoms with Gasteiger partial charge < -0.3 is 20.1 Å². The van der Waals surface area contributed by atoms with Crippen LogP contribution in [0.25, 0.3) is 11.1 Å². The Morgan fingerprint density at radius 2 is 1.77 bits per heavy atom. The topological polar surface area (TPSA) is 48.0 Å². The van der Waals surface area contributed by atoms with Gasteiger partial charge in [-0.3, -0.25) is 4.90 Å². The minimum Gasteiger partial charge on any atom is -0.489 e. The highest BCUT2D eigenvalue weighted by Crippen LogP contribution is 2.34. The van der Waals surface area contributed by atoms with Crippen molar-refractivity contribution in [3.8, 4) is 16.9 Å². The summed E-state index contributed by atoms with van der Waals surface area (Å²) < 4.78 is 6.22. The lowest BCUT2D eigenvalue weighted by molar-refractivity contribution is 0.129. The lowest BCUT2D eigenvalue weighted by Crippen LogP contribution is -2.47. The Balaban J connectivity index is 1.19. The molecule has 184 valence electrons. The first-order chi connectivity index (χ1) is 17.1. The van der Waals surface area contributed by atoms with Crippen molar-refractivity contribution < 1.29 is 9.84 Å². The number of hydrogen-bond donors (Lipinski definition) is 2. The highest BCUT2D eigenvalue weighted by molar-refractivity contribution is 5.68. The number of rotatable bonds is 8. The van der Waals surface area contributed by atoms with Gasteiger partial charge in [0.25, 0.3) is 0 Å². The van der Waals surface area contributed by atoms with Crippen molar-refractivity contribution in [3.05, 3.63) is 89.0 Å². The van der Waals surface area contributed by atoms with Crippen LogP contribution in [0.15, 0.2) is 66.7 Å². The Morgan fingerprint density at radius 1 is 0.971 bits per heavy atom. The van der Waals surface area contributed by atoms with E-state index in [1.165, 1.54) is 33.4 Å². The summed E-state index contributed by atoms with van der Waals surface area (Å²) in [6, 6.07) is 23.2. The first-order valence-corrected chi connectivity index (χ1v) is 12.8. The van der Waals surface area contributed by atoms with E-state index in [1.807, 2.05) is 12.1 Å². The van der Waals surface area contributed by atoms with Crippen LogP contribution >= 0.6 is 0 Å². The molecule has 5 rings (SSSR count). The summed E-state index contributed by atoms with van der Waals surface area (Å²) in [5.74, 6) is 0.860. The molecule has 3 aromatic rings.